The van der Waals surface area contributed by atoms with Gasteiger partial charge in [-0.05, 0) is 25.1 Å². The molecule has 1 aromatic carbocycles. The van der Waals surface area contributed by atoms with Crippen LogP contribution in [0.3, 0.4) is 0 Å². The summed E-state index contributed by atoms with van der Waals surface area (Å²) >= 11 is 13.2. The second-order valence-electron chi connectivity index (χ2n) is 4.91. The number of pyridine rings is 1. The normalized spacial score (nSPS) is 12.3. The van der Waals surface area contributed by atoms with Crippen LogP contribution in [0, 0.1) is 5.82 Å². The van der Waals surface area contributed by atoms with Gasteiger partial charge in [0, 0.05) is 6.20 Å². The SMILES string of the molecule is C[C@H](Sc1nnc2c(Cl)cc(Cl)cn12)C(=O)Nc1ccccc1F. The molecule has 0 aliphatic heterocycles. The highest BCUT2D eigenvalue weighted by Crippen LogP contribution is 2.28. The maximum absolute atomic E-state index is 13.6. The van der Waals surface area contributed by atoms with Crippen LogP contribution < -0.4 is 5.32 Å². The molecule has 0 radical (unpaired) electrons. The Kier molecular flexibility index (Phi) is 4.93. The Morgan fingerprint density at radius 2 is 2.08 bits per heavy atom. The number of para-hydroxylation sites is 1. The van der Waals surface area contributed by atoms with Gasteiger partial charge < -0.3 is 5.32 Å². The zero-order valence-corrected chi connectivity index (χ0v) is 14.7. The van der Waals surface area contributed by atoms with Crippen molar-refractivity contribution in [3.05, 3.63) is 52.4 Å². The number of thioether (sulfide) groups is 1. The Balaban J connectivity index is 1.78. The van der Waals surface area contributed by atoms with Crippen LogP contribution in [0.25, 0.3) is 5.65 Å². The Bertz CT molecular complexity index is 918. The van der Waals surface area contributed by atoms with Gasteiger partial charge in [-0.2, -0.15) is 0 Å². The first-order valence-corrected chi connectivity index (χ1v) is 8.51. The van der Waals surface area contributed by atoms with E-state index in [0.29, 0.717) is 20.8 Å². The third-order valence-corrected chi connectivity index (χ3v) is 4.72. The van der Waals surface area contributed by atoms with E-state index in [2.05, 4.69) is 15.5 Å². The maximum atomic E-state index is 13.6. The smallest absolute Gasteiger partial charge is 0.237 e. The summed E-state index contributed by atoms with van der Waals surface area (Å²) in [5.41, 5.74) is 0.581. The molecule has 2 aromatic heterocycles. The minimum absolute atomic E-state index is 0.132. The van der Waals surface area contributed by atoms with Gasteiger partial charge in [0.2, 0.25) is 5.91 Å². The van der Waals surface area contributed by atoms with Gasteiger partial charge in [0.1, 0.15) is 5.82 Å². The third kappa shape index (κ3) is 3.48. The van der Waals surface area contributed by atoms with E-state index in [1.165, 1.54) is 23.9 Å². The molecule has 1 N–H and O–H groups in total. The second-order valence-corrected chi connectivity index (χ2v) is 7.06. The summed E-state index contributed by atoms with van der Waals surface area (Å²) in [7, 11) is 0. The molecule has 24 heavy (non-hydrogen) atoms. The van der Waals surface area contributed by atoms with Gasteiger partial charge in [-0.25, -0.2) is 4.39 Å². The van der Waals surface area contributed by atoms with E-state index in [1.807, 2.05) is 0 Å². The molecule has 2 heterocycles. The topological polar surface area (TPSA) is 59.3 Å². The Labute approximate surface area is 151 Å². The molecule has 9 heteroatoms. The van der Waals surface area contributed by atoms with Crippen LogP contribution in [0.5, 0.6) is 0 Å². The number of carbonyl (C=O) groups is 1. The fourth-order valence-corrected chi connectivity index (χ4v) is 3.32. The highest BCUT2D eigenvalue weighted by molar-refractivity contribution is 8.00. The standard InChI is InChI=1S/C15H11Cl2FN4OS/c1-8(14(23)19-12-5-3-2-4-11(12)18)24-15-21-20-13-10(17)6-9(16)7-22(13)15/h2-8H,1H3,(H,19,23)/t8-/m0/s1. The monoisotopic (exact) mass is 384 g/mol. The number of hydrogen-bond donors (Lipinski definition) is 1. The zero-order chi connectivity index (χ0) is 17.3. The number of aromatic nitrogens is 3. The number of nitrogens with zero attached hydrogens (tertiary/aromatic N) is 3. The number of anilines is 1. The number of benzene rings is 1. The number of carbonyl (C=O) groups excluding carboxylic acids is 1. The first-order chi connectivity index (χ1) is 11.5. The molecule has 0 spiro atoms. The van der Waals surface area contributed by atoms with Crippen molar-refractivity contribution in [2.75, 3.05) is 5.32 Å². The summed E-state index contributed by atoms with van der Waals surface area (Å²) in [6, 6.07) is 7.54. The summed E-state index contributed by atoms with van der Waals surface area (Å²) in [5.74, 6) is -0.843. The molecule has 124 valence electrons. The molecule has 0 fully saturated rings. The van der Waals surface area contributed by atoms with Crippen molar-refractivity contribution in [1.82, 2.24) is 14.6 Å². The quantitative estimate of drug-likeness (QED) is 0.681. The van der Waals surface area contributed by atoms with Crippen LogP contribution in [0.15, 0.2) is 41.7 Å². The van der Waals surface area contributed by atoms with E-state index >= 15 is 0 Å². The molecule has 0 saturated heterocycles. The maximum Gasteiger partial charge on any atom is 0.237 e. The van der Waals surface area contributed by atoms with Crippen molar-refractivity contribution in [3.8, 4) is 0 Å². The fraction of sp³-hybridized carbons (Fsp3) is 0.133. The van der Waals surface area contributed by atoms with Gasteiger partial charge in [-0.1, -0.05) is 47.1 Å². The Morgan fingerprint density at radius 3 is 2.83 bits per heavy atom. The van der Waals surface area contributed by atoms with E-state index in [-0.39, 0.29) is 11.6 Å². The van der Waals surface area contributed by atoms with Crippen LogP contribution in [-0.4, -0.2) is 25.8 Å². The number of hydrogen-bond acceptors (Lipinski definition) is 4. The molecule has 0 aliphatic carbocycles. The minimum Gasteiger partial charge on any atom is -0.323 e. The lowest BCUT2D eigenvalue weighted by Crippen LogP contribution is -2.23. The lowest BCUT2D eigenvalue weighted by atomic mass is 10.3. The van der Waals surface area contributed by atoms with E-state index < -0.39 is 11.1 Å². The molecule has 5 nitrogen and oxygen atoms in total. The van der Waals surface area contributed by atoms with E-state index in [9.17, 15) is 9.18 Å². The van der Waals surface area contributed by atoms with E-state index in [4.69, 9.17) is 23.2 Å². The fourth-order valence-electron chi connectivity index (χ4n) is 1.99. The van der Waals surface area contributed by atoms with Crippen molar-refractivity contribution in [2.45, 2.75) is 17.3 Å². The summed E-state index contributed by atoms with van der Waals surface area (Å²) < 4.78 is 15.2. The molecular weight excluding hydrogens is 374 g/mol. The van der Waals surface area contributed by atoms with Gasteiger partial charge in [0.25, 0.3) is 0 Å². The number of halogens is 3. The first-order valence-electron chi connectivity index (χ1n) is 6.87. The van der Waals surface area contributed by atoms with Crippen LogP contribution in [-0.2, 0) is 4.79 Å². The predicted molar refractivity (Wildman–Crippen MR) is 93.4 cm³/mol. The highest BCUT2D eigenvalue weighted by Gasteiger charge is 2.20. The van der Waals surface area contributed by atoms with Gasteiger partial charge in [0.15, 0.2) is 10.8 Å². The van der Waals surface area contributed by atoms with Crippen molar-refractivity contribution in [1.29, 1.82) is 0 Å². The Hall–Kier alpha value is -1.83. The van der Waals surface area contributed by atoms with Gasteiger partial charge >= 0.3 is 0 Å². The lowest BCUT2D eigenvalue weighted by Gasteiger charge is -2.11. The van der Waals surface area contributed by atoms with Crippen molar-refractivity contribution in [3.63, 3.8) is 0 Å². The second kappa shape index (κ2) is 6.96. The van der Waals surface area contributed by atoms with Crippen molar-refractivity contribution < 1.29 is 9.18 Å². The molecule has 0 bridgehead atoms. The van der Waals surface area contributed by atoms with Crippen LogP contribution in [0.4, 0.5) is 10.1 Å². The molecule has 3 aromatic rings. The van der Waals surface area contributed by atoms with Crippen molar-refractivity contribution in [2.24, 2.45) is 0 Å². The third-order valence-electron chi connectivity index (χ3n) is 3.18. The molecule has 1 atom stereocenters. The summed E-state index contributed by atoms with van der Waals surface area (Å²) in [5, 5.41) is 11.3. The van der Waals surface area contributed by atoms with Crippen LogP contribution >= 0.6 is 35.0 Å². The van der Waals surface area contributed by atoms with E-state index in [0.717, 1.165) is 0 Å². The summed E-state index contributed by atoms with van der Waals surface area (Å²) in [6.45, 7) is 1.69. The molecule has 0 saturated carbocycles. The lowest BCUT2D eigenvalue weighted by molar-refractivity contribution is -0.115. The highest BCUT2D eigenvalue weighted by atomic mass is 35.5. The van der Waals surface area contributed by atoms with Crippen LogP contribution in [0.2, 0.25) is 10.0 Å². The molecule has 1 amide bonds. The first kappa shape index (κ1) is 17.0. The van der Waals surface area contributed by atoms with Gasteiger partial charge in [-0.15, -0.1) is 10.2 Å². The predicted octanol–water partition coefficient (Wildman–Crippen LogP) is 4.29. The molecule has 0 aliphatic rings. The Morgan fingerprint density at radius 1 is 1.33 bits per heavy atom. The molecular formula is C15H11Cl2FN4OS. The number of amides is 1. The average Bonchev–Trinajstić information content (AvgIpc) is 2.92. The van der Waals surface area contributed by atoms with Gasteiger partial charge in [-0.3, -0.25) is 9.20 Å². The zero-order valence-electron chi connectivity index (χ0n) is 12.3. The molecule has 3 rings (SSSR count). The van der Waals surface area contributed by atoms with Crippen molar-refractivity contribution >= 4 is 52.2 Å². The average molecular weight is 385 g/mol. The number of fused-ring (bicyclic) bond motifs is 1. The number of rotatable bonds is 4. The summed E-state index contributed by atoms with van der Waals surface area (Å²) in [6.07, 6.45) is 1.62. The largest absolute Gasteiger partial charge is 0.323 e. The summed E-state index contributed by atoms with van der Waals surface area (Å²) in [4.78, 5) is 12.3. The minimum atomic E-state index is -0.533. The van der Waals surface area contributed by atoms with Crippen LogP contribution in [0.1, 0.15) is 6.92 Å². The van der Waals surface area contributed by atoms with E-state index in [1.54, 1.807) is 35.7 Å². The number of nitrogens with one attached hydrogen (secondary N) is 1. The molecule has 0 unspecified atom stereocenters. The van der Waals surface area contributed by atoms with Gasteiger partial charge in [0.05, 0.1) is 21.0 Å².